The second-order valence-corrected chi connectivity index (χ2v) is 12.8. The molecule has 4 heteroatoms. The van der Waals surface area contributed by atoms with Gasteiger partial charge in [0.1, 0.15) is 0 Å². The highest BCUT2D eigenvalue weighted by Crippen LogP contribution is 2.37. The molecule has 0 saturated carbocycles. The van der Waals surface area contributed by atoms with Crippen LogP contribution in [-0.2, 0) is 24.0 Å². The minimum absolute atomic E-state index is 0.111. The molecule has 0 unspecified atom stereocenters. The molecule has 0 spiro atoms. The summed E-state index contributed by atoms with van der Waals surface area (Å²) in [5.74, 6) is 0.111. The third-order valence-corrected chi connectivity index (χ3v) is 9.62. The van der Waals surface area contributed by atoms with Crippen LogP contribution < -0.4 is 0 Å². The van der Waals surface area contributed by atoms with Crippen LogP contribution in [0.4, 0.5) is 0 Å². The summed E-state index contributed by atoms with van der Waals surface area (Å²) in [6.07, 6.45) is 2.69. The Labute approximate surface area is 141 Å². The van der Waals surface area contributed by atoms with E-state index in [0.717, 1.165) is 23.1 Å². The van der Waals surface area contributed by atoms with Crippen LogP contribution in [0.5, 0.6) is 0 Å². The van der Waals surface area contributed by atoms with Gasteiger partial charge in [-0.3, -0.25) is 4.79 Å². The first-order valence-corrected chi connectivity index (χ1v) is 11.1. The van der Waals surface area contributed by atoms with Gasteiger partial charge in [0, 0.05) is 19.2 Å². The lowest BCUT2D eigenvalue weighted by Crippen LogP contribution is -2.40. The van der Waals surface area contributed by atoms with Gasteiger partial charge >= 0.3 is 0 Å². The molecule has 1 aliphatic heterocycles. The quantitative estimate of drug-likeness (QED) is 0.586. The number of fused-ring (bicyclic) bond motifs is 1. The molecule has 1 aromatic carbocycles. The van der Waals surface area contributed by atoms with E-state index in [9.17, 15) is 4.79 Å². The Balaban J connectivity index is 2.29. The van der Waals surface area contributed by atoms with Gasteiger partial charge in [0.05, 0.1) is 6.61 Å². The van der Waals surface area contributed by atoms with Crippen LogP contribution in [0.2, 0.25) is 18.1 Å². The zero-order valence-electron chi connectivity index (χ0n) is 15.3. The number of amides is 1. The number of hydrogen-bond donors (Lipinski definition) is 0. The Morgan fingerprint density at radius 1 is 1.35 bits per heavy atom. The van der Waals surface area contributed by atoms with Gasteiger partial charge < -0.3 is 9.33 Å². The Morgan fingerprint density at radius 2 is 2.00 bits per heavy atom. The van der Waals surface area contributed by atoms with Crippen LogP contribution in [0.25, 0.3) is 0 Å². The second-order valence-electron chi connectivity index (χ2n) is 7.98. The fourth-order valence-electron chi connectivity index (χ4n) is 2.59. The van der Waals surface area contributed by atoms with Crippen molar-refractivity contribution in [3.05, 3.63) is 47.0 Å². The molecular formula is C19H29NO2Si. The predicted octanol–water partition coefficient (Wildman–Crippen LogP) is 4.52. The minimum Gasteiger partial charge on any atom is -0.413 e. The number of carbonyl (C=O) groups is 1. The maximum absolute atomic E-state index is 12.3. The lowest BCUT2D eigenvalue weighted by atomic mass is 9.97. The lowest BCUT2D eigenvalue weighted by Gasteiger charge is -2.36. The monoisotopic (exact) mass is 331 g/mol. The van der Waals surface area contributed by atoms with Crippen LogP contribution in [0, 0.1) is 0 Å². The Bertz CT molecular complexity index is 629. The average molecular weight is 332 g/mol. The Kier molecular flexibility index (Phi) is 4.88. The molecule has 0 saturated heterocycles. The van der Waals surface area contributed by atoms with Gasteiger partial charge in [-0.1, -0.05) is 32.9 Å². The summed E-state index contributed by atoms with van der Waals surface area (Å²) in [5, 5.41) is 0.184. The number of hydrogen-bond acceptors (Lipinski definition) is 2. The highest BCUT2D eigenvalue weighted by Gasteiger charge is 2.37. The predicted molar refractivity (Wildman–Crippen MR) is 98.1 cm³/mol. The van der Waals surface area contributed by atoms with Gasteiger partial charge in [-0.2, -0.15) is 0 Å². The summed E-state index contributed by atoms with van der Waals surface area (Å²) in [7, 11) is 0.0579. The normalized spacial score (nSPS) is 15.0. The van der Waals surface area contributed by atoms with Gasteiger partial charge in [-0.25, -0.2) is 0 Å². The maximum atomic E-state index is 12.3. The van der Waals surface area contributed by atoms with Crippen molar-refractivity contribution in [2.75, 3.05) is 7.05 Å². The third-order valence-electron chi connectivity index (χ3n) is 5.14. The van der Waals surface area contributed by atoms with E-state index in [1.54, 1.807) is 4.90 Å². The SMILES string of the molecule is C=CCc1cc(CO[Si](C)(C)C(C)(C)C)cc2c1CN(C)C2=O. The van der Waals surface area contributed by atoms with Crippen molar-refractivity contribution in [2.45, 2.75) is 58.5 Å². The third kappa shape index (κ3) is 3.59. The summed E-state index contributed by atoms with van der Waals surface area (Å²) in [4.78, 5) is 14.1. The van der Waals surface area contributed by atoms with Gasteiger partial charge in [0.2, 0.25) is 0 Å². The maximum Gasteiger partial charge on any atom is 0.254 e. The molecule has 1 heterocycles. The van der Waals surface area contributed by atoms with Crippen molar-refractivity contribution in [1.29, 1.82) is 0 Å². The Morgan fingerprint density at radius 3 is 2.57 bits per heavy atom. The summed E-state index contributed by atoms with van der Waals surface area (Å²) in [5.41, 5.74) is 4.27. The van der Waals surface area contributed by atoms with Gasteiger partial charge in [-0.15, -0.1) is 6.58 Å². The van der Waals surface area contributed by atoms with E-state index >= 15 is 0 Å². The van der Waals surface area contributed by atoms with Crippen molar-refractivity contribution >= 4 is 14.2 Å². The molecule has 0 bridgehead atoms. The molecule has 2 rings (SSSR count). The molecule has 0 fully saturated rings. The van der Waals surface area contributed by atoms with E-state index in [4.69, 9.17) is 4.43 Å². The summed E-state index contributed by atoms with van der Waals surface area (Å²) >= 11 is 0. The van der Waals surface area contributed by atoms with Gasteiger partial charge in [0.25, 0.3) is 5.91 Å². The first-order valence-electron chi connectivity index (χ1n) is 8.22. The summed E-state index contributed by atoms with van der Waals surface area (Å²) < 4.78 is 6.32. The fourth-order valence-corrected chi connectivity index (χ4v) is 3.55. The largest absolute Gasteiger partial charge is 0.413 e. The fraction of sp³-hybridized carbons (Fsp3) is 0.526. The summed E-state index contributed by atoms with van der Waals surface area (Å²) in [6, 6.07) is 4.20. The van der Waals surface area contributed by atoms with E-state index in [-0.39, 0.29) is 10.9 Å². The standard InChI is InChI=1S/C19H29NO2Si/c1-8-9-15-10-14(13-22-23(6,7)19(2,3)4)11-16-17(15)12-20(5)18(16)21/h8,10-11H,1,9,12-13H2,2-7H3. The molecule has 0 aromatic heterocycles. The topological polar surface area (TPSA) is 29.5 Å². The van der Waals surface area contributed by atoms with Crippen molar-refractivity contribution in [3.63, 3.8) is 0 Å². The van der Waals surface area contributed by atoms with Crippen LogP contribution >= 0.6 is 0 Å². The van der Waals surface area contributed by atoms with E-state index in [1.165, 1.54) is 5.56 Å². The number of nitrogens with zero attached hydrogens (tertiary/aromatic N) is 1. The van der Waals surface area contributed by atoms with E-state index in [0.29, 0.717) is 13.2 Å². The molecule has 1 aliphatic rings. The minimum atomic E-state index is -1.80. The molecule has 0 radical (unpaired) electrons. The van der Waals surface area contributed by atoms with Crippen molar-refractivity contribution in [3.8, 4) is 0 Å². The van der Waals surface area contributed by atoms with Crippen LogP contribution in [0.3, 0.4) is 0 Å². The number of rotatable bonds is 5. The Hall–Kier alpha value is -1.39. The first kappa shape index (κ1) is 18.0. The van der Waals surface area contributed by atoms with Crippen LogP contribution in [-0.4, -0.2) is 26.2 Å². The highest BCUT2D eigenvalue weighted by atomic mass is 28.4. The number of benzene rings is 1. The van der Waals surface area contributed by atoms with Gasteiger partial charge in [-0.05, 0) is 47.3 Å². The molecule has 0 atom stereocenters. The molecule has 1 aromatic rings. The molecule has 3 nitrogen and oxygen atoms in total. The van der Waals surface area contributed by atoms with Crippen LogP contribution in [0.1, 0.15) is 47.8 Å². The molecule has 126 valence electrons. The highest BCUT2D eigenvalue weighted by molar-refractivity contribution is 6.74. The lowest BCUT2D eigenvalue weighted by molar-refractivity contribution is 0.0816. The first-order chi connectivity index (χ1) is 10.6. The smallest absolute Gasteiger partial charge is 0.254 e. The number of allylic oxidation sites excluding steroid dienone is 1. The van der Waals surface area contributed by atoms with E-state index < -0.39 is 8.32 Å². The molecule has 1 amide bonds. The second kappa shape index (κ2) is 6.25. The molecule has 23 heavy (non-hydrogen) atoms. The molecular weight excluding hydrogens is 302 g/mol. The number of carbonyl (C=O) groups excluding carboxylic acids is 1. The van der Waals surface area contributed by atoms with E-state index in [2.05, 4.69) is 46.5 Å². The van der Waals surface area contributed by atoms with E-state index in [1.807, 2.05) is 19.2 Å². The van der Waals surface area contributed by atoms with Crippen LogP contribution in [0.15, 0.2) is 24.8 Å². The summed E-state index contributed by atoms with van der Waals surface area (Å²) in [6.45, 7) is 16.3. The van der Waals surface area contributed by atoms with Crippen molar-refractivity contribution in [1.82, 2.24) is 4.90 Å². The van der Waals surface area contributed by atoms with Crippen molar-refractivity contribution < 1.29 is 9.22 Å². The van der Waals surface area contributed by atoms with Crippen molar-refractivity contribution in [2.24, 2.45) is 0 Å². The zero-order chi connectivity index (χ0) is 17.4. The average Bonchev–Trinajstić information content (AvgIpc) is 2.72. The molecule has 0 aliphatic carbocycles. The van der Waals surface area contributed by atoms with Gasteiger partial charge in [0.15, 0.2) is 8.32 Å². The molecule has 0 N–H and O–H groups in total. The zero-order valence-corrected chi connectivity index (χ0v) is 16.3.